The van der Waals surface area contributed by atoms with Crippen molar-refractivity contribution in [3.05, 3.63) is 51.8 Å². The van der Waals surface area contributed by atoms with Crippen molar-refractivity contribution in [3.8, 4) is 0 Å². The highest BCUT2D eigenvalue weighted by Crippen LogP contribution is 2.13. The molecule has 0 bridgehead atoms. The molecule has 0 saturated carbocycles. The standard InChI is InChI=1S/C16H21N3O/c1-10-6-7-14(11(2)8-10)9-17-16(20)15-12(3)18-19(5)13(15)4/h6-8H,9H2,1-5H3,(H,17,20). The lowest BCUT2D eigenvalue weighted by Gasteiger charge is -2.09. The van der Waals surface area contributed by atoms with Gasteiger partial charge in [-0.05, 0) is 38.8 Å². The fourth-order valence-electron chi connectivity index (χ4n) is 2.41. The van der Waals surface area contributed by atoms with Gasteiger partial charge in [-0.3, -0.25) is 9.48 Å². The summed E-state index contributed by atoms with van der Waals surface area (Å²) in [5, 5.41) is 7.25. The first-order valence-corrected chi connectivity index (χ1v) is 6.74. The third-order valence-electron chi connectivity index (χ3n) is 3.67. The monoisotopic (exact) mass is 271 g/mol. The Kier molecular flexibility index (Phi) is 3.93. The van der Waals surface area contributed by atoms with Gasteiger partial charge in [0.05, 0.1) is 11.3 Å². The van der Waals surface area contributed by atoms with Gasteiger partial charge in [-0.15, -0.1) is 0 Å². The van der Waals surface area contributed by atoms with Crippen molar-refractivity contribution in [2.45, 2.75) is 34.2 Å². The minimum atomic E-state index is -0.0620. The predicted molar refractivity (Wildman–Crippen MR) is 79.8 cm³/mol. The Bertz CT molecular complexity index is 656. The van der Waals surface area contributed by atoms with Gasteiger partial charge in [-0.1, -0.05) is 23.8 Å². The summed E-state index contributed by atoms with van der Waals surface area (Å²) in [5.41, 5.74) is 5.91. The van der Waals surface area contributed by atoms with E-state index in [2.05, 4.69) is 42.5 Å². The first-order valence-electron chi connectivity index (χ1n) is 6.74. The van der Waals surface area contributed by atoms with Crippen LogP contribution in [0.2, 0.25) is 0 Å². The minimum Gasteiger partial charge on any atom is -0.348 e. The van der Waals surface area contributed by atoms with E-state index >= 15 is 0 Å². The van der Waals surface area contributed by atoms with Crippen LogP contribution in [0.3, 0.4) is 0 Å². The van der Waals surface area contributed by atoms with Gasteiger partial charge in [0.1, 0.15) is 0 Å². The second kappa shape index (κ2) is 5.49. The summed E-state index contributed by atoms with van der Waals surface area (Å²) in [5.74, 6) is -0.0620. The summed E-state index contributed by atoms with van der Waals surface area (Å²) < 4.78 is 1.74. The van der Waals surface area contributed by atoms with Crippen LogP contribution in [-0.4, -0.2) is 15.7 Å². The summed E-state index contributed by atoms with van der Waals surface area (Å²) in [6.07, 6.45) is 0. The third kappa shape index (κ3) is 2.74. The number of carbonyl (C=O) groups is 1. The van der Waals surface area contributed by atoms with E-state index in [1.165, 1.54) is 11.1 Å². The number of nitrogens with one attached hydrogen (secondary N) is 1. The van der Waals surface area contributed by atoms with E-state index in [1.54, 1.807) is 4.68 Å². The predicted octanol–water partition coefficient (Wildman–Crippen LogP) is 2.58. The second-order valence-corrected chi connectivity index (χ2v) is 5.28. The van der Waals surface area contributed by atoms with E-state index in [-0.39, 0.29) is 5.91 Å². The molecule has 1 aromatic heterocycles. The molecular formula is C16H21N3O. The van der Waals surface area contributed by atoms with E-state index in [1.807, 2.05) is 20.9 Å². The zero-order valence-electron chi connectivity index (χ0n) is 12.7. The maximum Gasteiger partial charge on any atom is 0.255 e. The second-order valence-electron chi connectivity index (χ2n) is 5.28. The van der Waals surface area contributed by atoms with Gasteiger partial charge in [0, 0.05) is 19.3 Å². The normalized spacial score (nSPS) is 10.7. The van der Waals surface area contributed by atoms with Gasteiger partial charge in [0.15, 0.2) is 0 Å². The highest BCUT2D eigenvalue weighted by Gasteiger charge is 2.16. The minimum absolute atomic E-state index is 0.0620. The molecule has 0 saturated heterocycles. The molecule has 4 nitrogen and oxygen atoms in total. The number of hydrogen-bond donors (Lipinski definition) is 1. The molecule has 1 aromatic carbocycles. The van der Waals surface area contributed by atoms with Crippen LogP contribution in [0.15, 0.2) is 18.2 Å². The van der Waals surface area contributed by atoms with Crippen LogP contribution in [-0.2, 0) is 13.6 Å². The molecule has 0 radical (unpaired) electrons. The molecule has 1 amide bonds. The van der Waals surface area contributed by atoms with E-state index in [4.69, 9.17) is 0 Å². The van der Waals surface area contributed by atoms with Crippen molar-refractivity contribution < 1.29 is 4.79 Å². The van der Waals surface area contributed by atoms with E-state index in [9.17, 15) is 4.79 Å². The Balaban J connectivity index is 2.13. The largest absolute Gasteiger partial charge is 0.348 e. The van der Waals surface area contributed by atoms with Crippen molar-refractivity contribution in [3.63, 3.8) is 0 Å². The lowest BCUT2D eigenvalue weighted by Crippen LogP contribution is -2.24. The molecule has 106 valence electrons. The fraction of sp³-hybridized carbons (Fsp3) is 0.375. The number of carbonyl (C=O) groups excluding carboxylic acids is 1. The maximum absolute atomic E-state index is 12.3. The number of nitrogens with zero attached hydrogens (tertiary/aromatic N) is 2. The number of amides is 1. The molecule has 0 fully saturated rings. The van der Waals surface area contributed by atoms with Crippen LogP contribution in [0, 0.1) is 27.7 Å². The molecule has 0 unspecified atom stereocenters. The van der Waals surface area contributed by atoms with Gasteiger partial charge < -0.3 is 5.32 Å². The summed E-state index contributed by atoms with van der Waals surface area (Å²) in [6.45, 7) is 8.44. The zero-order chi connectivity index (χ0) is 14.9. The lowest BCUT2D eigenvalue weighted by atomic mass is 10.1. The van der Waals surface area contributed by atoms with E-state index in [0.717, 1.165) is 17.0 Å². The number of aryl methyl sites for hydroxylation is 4. The van der Waals surface area contributed by atoms with E-state index in [0.29, 0.717) is 12.1 Å². The van der Waals surface area contributed by atoms with Crippen LogP contribution in [0.1, 0.15) is 38.4 Å². The zero-order valence-corrected chi connectivity index (χ0v) is 12.7. The van der Waals surface area contributed by atoms with Crippen molar-refractivity contribution in [1.82, 2.24) is 15.1 Å². The van der Waals surface area contributed by atoms with Crippen LogP contribution < -0.4 is 5.32 Å². The molecule has 0 aliphatic carbocycles. The molecule has 0 aliphatic heterocycles. The summed E-state index contributed by atoms with van der Waals surface area (Å²) >= 11 is 0. The Morgan fingerprint density at radius 1 is 1.25 bits per heavy atom. The Hall–Kier alpha value is -2.10. The SMILES string of the molecule is Cc1ccc(CNC(=O)c2c(C)nn(C)c2C)c(C)c1. The molecule has 4 heteroatoms. The van der Waals surface area contributed by atoms with Gasteiger partial charge in [-0.2, -0.15) is 5.10 Å². The average Bonchev–Trinajstić information content (AvgIpc) is 2.62. The Morgan fingerprint density at radius 2 is 1.95 bits per heavy atom. The summed E-state index contributed by atoms with van der Waals surface area (Å²) in [4.78, 5) is 12.3. The molecule has 0 spiro atoms. The van der Waals surface area contributed by atoms with E-state index < -0.39 is 0 Å². The van der Waals surface area contributed by atoms with Crippen LogP contribution in [0.5, 0.6) is 0 Å². The highest BCUT2D eigenvalue weighted by molar-refractivity contribution is 5.96. The number of aromatic nitrogens is 2. The van der Waals surface area contributed by atoms with Crippen molar-refractivity contribution in [2.75, 3.05) is 0 Å². The van der Waals surface area contributed by atoms with Crippen LogP contribution in [0.4, 0.5) is 0 Å². The molecule has 1 N–H and O–H groups in total. The first kappa shape index (κ1) is 14.3. The first-order chi connectivity index (χ1) is 9.40. The number of hydrogen-bond acceptors (Lipinski definition) is 2. The van der Waals surface area contributed by atoms with Crippen molar-refractivity contribution >= 4 is 5.91 Å². The van der Waals surface area contributed by atoms with Crippen molar-refractivity contribution in [2.24, 2.45) is 7.05 Å². The van der Waals surface area contributed by atoms with Gasteiger partial charge >= 0.3 is 0 Å². The highest BCUT2D eigenvalue weighted by atomic mass is 16.1. The fourth-order valence-corrected chi connectivity index (χ4v) is 2.41. The van der Waals surface area contributed by atoms with Gasteiger partial charge in [-0.25, -0.2) is 0 Å². The third-order valence-corrected chi connectivity index (χ3v) is 3.67. The molecular weight excluding hydrogens is 250 g/mol. The van der Waals surface area contributed by atoms with Gasteiger partial charge in [0.25, 0.3) is 5.91 Å². The molecule has 0 atom stereocenters. The lowest BCUT2D eigenvalue weighted by molar-refractivity contribution is 0.0949. The molecule has 1 heterocycles. The quantitative estimate of drug-likeness (QED) is 0.932. The molecule has 2 rings (SSSR count). The van der Waals surface area contributed by atoms with Crippen LogP contribution in [0.25, 0.3) is 0 Å². The molecule has 2 aromatic rings. The summed E-state index contributed by atoms with van der Waals surface area (Å²) in [7, 11) is 1.85. The molecule has 20 heavy (non-hydrogen) atoms. The average molecular weight is 271 g/mol. The van der Waals surface area contributed by atoms with Gasteiger partial charge in [0.2, 0.25) is 0 Å². The topological polar surface area (TPSA) is 46.9 Å². The van der Waals surface area contributed by atoms with Crippen LogP contribution >= 0.6 is 0 Å². The Morgan fingerprint density at radius 3 is 2.50 bits per heavy atom. The summed E-state index contributed by atoms with van der Waals surface area (Å²) in [6, 6.07) is 6.25. The number of benzene rings is 1. The van der Waals surface area contributed by atoms with Crippen molar-refractivity contribution in [1.29, 1.82) is 0 Å². The Labute approximate surface area is 119 Å². The molecule has 0 aliphatic rings. The smallest absolute Gasteiger partial charge is 0.255 e. The maximum atomic E-state index is 12.3. The number of rotatable bonds is 3.